The Morgan fingerprint density at radius 1 is 1.29 bits per heavy atom. The van der Waals surface area contributed by atoms with Gasteiger partial charge in [-0.1, -0.05) is 31.9 Å². The molecule has 2 aliphatic rings. The summed E-state index contributed by atoms with van der Waals surface area (Å²) in [6.45, 7) is 8.58. The number of nitrogens with one attached hydrogen (secondary N) is 1. The number of nitrogens with zero attached hydrogens (tertiary/aromatic N) is 2. The molecule has 0 aromatic heterocycles. The molecule has 1 aromatic rings. The molecule has 0 spiro atoms. The Kier molecular flexibility index (Phi) is 4.93. The van der Waals surface area contributed by atoms with Gasteiger partial charge in [0, 0.05) is 24.7 Å². The van der Waals surface area contributed by atoms with Crippen LogP contribution in [0.3, 0.4) is 0 Å². The molecular weight excluding hydrogens is 298 g/mol. The lowest BCUT2D eigenvalue weighted by Crippen LogP contribution is -2.22. The summed E-state index contributed by atoms with van der Waals surface area (Å²) in [6, 6.07) is 8.29. The zero-order valence-electron chi connectivity index (χ0n) is 15.1. The van der Waals surface area contributed by atoms with E-state index >= 15 is 0 Å². The molecule has 4 heteroatoms. The Labute approximate surface area is 145 Å². The molecule has 0 aliphatic heterocycles. The third kappa shape index (κ3) is 3.19. The molecule has 0 radical (unpaired) electrons. The van der Waals surface area contributed by atoms with Gasteiger partial charge in [-0.15, -0.1) is 0 Å². The molecule has 1 N–H and O–H groups in total. The first-order valence-electron chi connectivity index (χ1n) is 9.28. The van der Waals surface area contributed by atoms with Gasteiger partial charge in [0.2, 0.25) is 5.91 Å². The van der Waals surface area contributed by atoms with Crippen molar-refractivity contribution in [2.45, 2.75) is 46.5 Å². The zero-order chi connectivity index (χ0) is 17.2. The van der Waals surface area contributed by atoms with E-state index < -0.39 is 0 Å². The topological polar surface area (TPSA) is 44.7 Å². The molecule has 4 nitrogen and oxygen atoms in total. The van der Waals surface area contributed by atoms with Gasteiger partial charge in [0.05, 0.1) is 6.21 Å². The van der Waals surface area contributed by atoms with Crippen molar-refractivity contribution in [1.29, 1.82) is 0 Å². The van der Waals surface area contributed by atoms with E-state index in [-0.39, 0.29) is 17.2 Å². The Hall–Kier alpha value is -1.84. The highest BCUT2D eigenvalue weighted by molar-refractivity contribution is 5.86. The number of hydrogen-bond donors (Lipinski definition) is 1. The van der Waals surface area contributed by atoms with Crippen molar-refractivity contribution >= 4 is 17.8 Å². The fourth-order valence-electron chi connectivity index (χ4n) is 4.45. The largest absolute Gasteiger partial charge is 0.372 e. The van der Waals surface area contributed by atoms with Crippen LogP contribution in [0, 0.1) is 17.3 Å². The lowest BCUT2D eigenvalue weighted by molar-refractivity contribution is -0.123. The highest BCUT2D eigenvalue weighted by Crippen LogP contribution is 2.66. The second-order valence-electron chi connectivity index (χ2n) is 7.33. The molecule has 3 rings (SSSR count). The van der Waals surface area contributed by atoms with Gasteiger partial charge in [0.25, 0.3) is 0 Å². The lowest BCUT2D eigenvalue weighted by Gasteiger charge is -2.20. The molecule has 2 aliphatic carbocycles. The molecule has 24 heavy (non-hydrogen) atoms. The molecule has 0 saturated heterocycles. The van der Waals surface area contributed by atoms with E-state index in [1.165, 1.54) is 31.4 Å². The number of hydrazone groups is 1. The van der Waals surface area contributed by atoms with Crippen molar-refractivity contribution in [2.75, 3.05) is 18.0 Å². The Bertz CT molecular complexity index is 606. The minimum absolute atomic E-state index is 0.0976. The monoisotopic (exact) mass is 327 g/mol. The summed E-state index contributed by atoms with van der Waals surface area (Å²) in [6.07, 6.45) is 6.65. The number of benzene rings is 1. The Morgan fingerprint density at radius 3 is 2.58 bits per heavy atom. The Balaban J connectivity index is 1.54. The molecule has 130 valence electrons. The number of carbonyl (C=O) groups is 1. The van der Waals surface area contributed by atoms with Gasteiger partial charge in [-0.05, 0) is 55.7 Å². The number of rotatable bonds is 6. The molecule has 1 aromatic carbocycles. The molecular formula is C20H29N3O. The molecule has 2 fully saturated rings. The highest BCUT2D eigenvalue weighted by atomic mass is 16.2. The minimum Gasteiger partial charge on any atom is -0.372 e. The van der Waals surface area contributed by atoms with Crippen LogP contribution in [0.25, 0.3) is 0 Å². The van der Waals surface area contributed by atoms with Crippen LogP contribution in [0.1, 0.15) is 52.0 Å². The molecule has 0 unspecified atom stereocenters. The standard InChI is InChI=1S/C20H29N3O/c1-4-23(5-2)16-11-9-15(10-12-16)14-21-22-19(24)18-17-8-6-7-13-20(17,18)3/h9-12,14,17-18H,4-8,13H2,1-3H3,(H,22,24)/b21-14+/t17-,18-,20-/m0/s1. The number of hydrogen-bond acceptors (Lipinski definition) is 3. The maximum absolute atomic E-state index is 12.4. The molecule has 3 atom stereocenters. The predicted octanol–water partition coefficient (Wildman–Crippen LogP) is 3.81. The van der Waals surface area contributed by atoms with Crippen LogP contribution in [0.15, 0.2) is 29.4 Å². The van der Waals surface area contributed by atoms with Crippen LogP contribution >= 0.6 is 0 Å². The summed E-state index contributed by atoms with van der Waals surface area (Å²) < 4.78 is 0. The van der Waals surface area contributed by atoms with Crippen LogP contribution in [0.4, 0.5) is 5.69 Å². The van der Waals surface area contributed by atoms with Crippen LogP contribution in [0.5, 0.6) is 0 Å². The van der Waals surface area contributed by atoms with E-state index in [0.717, 1.165) is 18.7 Å². The molecule has 1 amide bonds. The molecule has 0 heterocycles. The first-order valence-corrected chi connectivity index (χ1v) is 9.28. The number of amides is 1. The van der Waals surface area contributed by atoms with E-state index in [9.17, 15) is 4.79 Å². The van der Waals surface area contributed by atoms with E-state index in [0.29, 0.717) is 5.92 Å². The van der Waals surface area contributed by atoms with Crippen molar-refractivity contribution in [3.63, 3.8) is 0 Å². The smallest absolute Gasteiger partial charge is 0.244 e. The summed E-state index contributed by atoms with van der Waals surface area (Å²) in [5.41, 5.74) is 5.22. The summed E-state index contributed by atoms with van der Waals surface area (Å²) in [7, 11) is 0. The van der Waals surface area contributed by atoms with Gasteiger partial charge in [0.15, 0.2) is 0 Å². The number of fused-ring (bicyclic) bond motifs is 1. The fraction of sp³-hybridized carbons (Fsp3) is 0.600. The second-order valence-corrected chi connectivity index (χ2v) is 7.33. The van der Waals surface area contributed by atoms with E-state index in [1.54, 1.807) is 6.21 Å². The van der Waals surface area contributed by atoms with Gasteiger partial charge >= 0.3 is 0 Å². The van der Waals surface area contributed by atoms with Gasteiger partial charge in [-0.2, -0.15) is 5.10 Å². The van der Waals surface area contributed by atoms with Crippen molar-refractivity contribution in [1.82, 2.24) is 5.43 Å². The van der Waals surface area contributed by atoms with Gasteiger partial charge in [0.1, 0.15) is 0 Å². The summed E-state index contributed by atoms with van der Waals surface area (Å²) >= 11 is 0. The third-order valence-corrected chi connectivity index (χ3v) is 6.02. The lowest BCUT2D eigenvalue weighted by atomic mass is 9.90. The summed E-state index contributed by atoms with van der Waals surface area (Å²) in [5, 5.41) is 4.17. The van der Waals surface area contributed by atoms with Gasteiger partial charge in [-0.3, -0.25) is 4.79 Å². The first-order chi connectivity index (χ1) is 11.6. The summed E-state index contributed by atoms with van der Waals surface area (Å²) in [5.74, 6) is 0.845. The maximum atomic E-state index is 12.4. The van der Waals surface area contributed by atoms with E-state index in [1.807, 2.05) is 12.1 Å². The minimum atomic E-state index is 0.0976. The first kappa shape index (κ1) is 17.0. The van der Waals surface area contributed by atoms with Crippen LogP contribution in [-0.2, 0) is 4.79 Å². The van der Waals surface area contributed by atoms with Gasteiger partial charge in [-0.25, -0.2) is 5.43 Å². The fourth-order valence-corrected chi connectivity index (χ4v) is 4.45. The van der Waals surface area contributed by atoms with Crippen LogP contribution < -0.4 is 10.3 Å². The van der Waals surface area contributed by atoms with Gasteiger partial charge < -0.3 is 4.90 Å². The van der Waals surface area contributed by atoms with Crippen LogP contribution in [0.2, 0.25) is 0 Å². The predicted molar refractivity (Wildman–Crippen MR) is 99.3 cm³/mol. The van der Waals surface area contributed by atoms with Crippen LogP contribution in [-0.4, -0.2) is 25.2 Å². The van der Waals surface area contributed by atoms with Crippen molar-refractivity contribution in [3.05, 3.63) is 29.8 Å². The third-order valence-electron chi connectivity index (χ3n) is 6.02. The SMILES string of the molecule is CCN(CC)c1ccc(/C=N/NC(=O)[C@@H]2[C@@H]3CCCC[C@]23C)cc1. The van der Waals surface area contributed by atoms with Crippen molar-refractivity contribution in [3.8, 4) is 0 Å². The number of anilines is 1. The number of carbonyl (C=O) groups excluding carboxylic acids is 1. The van der Waals surface area contributed by atoms with E-state index in [4.69, 9.17) is 0 Å². The highest BCUT2D eigenvalue weighted by Gasteiger charge is 2.64. The average molecular weight is 327 g/mol. The van der Waals surface area contributed by atoms with Crippen molar-refractivity contribution < 1.29 is 4.79 Å². The molecule has 2 saturated carbocycles. The van der Waals surface area contributed by atoms with E-state index in [2.05, 4.69) is 48.3 Å². The Morgan fingerprint density at radius 2 is 2.00 bits per heavy atom. The summed E-state index contributed by atoms with van der Waals surface area (Å²) in [4.78, 5) is 14.7. The normalized spacial score (nSPS) is 28.5. The quantitative estimate of drug-likeness (QED) is 0.638. The second kappa shape index (κ2) is 6.96. The zero-order valence-corrected chi connectivity index (χ0v) is 15.1. The molecule has 0 bridgehead atoms. The van der Waals surface area contributed by atoms with Crippen molar-refractivity contribution in [2.24, 2.45) is 22.4 Å². The maximum Gasteiger partial charge on any atom is 0.244 e. The average Bonchev–Trinajstić information content (AvgIpc) is 3.23.